The van der Waals surface area contributed by atoms with Gasteiger partial charge in [0.15, 0.2) is 0 Å². The van der Waals surface area contributed by atoms with Gasteiger partial charge in [0.2, 0.25) is 0 Å². The maximum Gasteiger partial charge on any atom is 0.133 e. The van der Waals surface area contributed by atoms with E-state index in [1.807, 2.05) is 25.1 Å². The van der Waals surface area contributed by atoms with Gasteiger partial charge >= 0.3 is 0 Å². The standard InChI is InChI=1S/C17H19ClFNO/c1-3-9-20-11-14-15(18)5-4-6-17(14)21-16-8-7-13(19)10-12(16)2/h4-8,10,20H,3,9,11H2,1-2H3. The van der Waals surface area contributed by atoms with Crippen LogP contribution in [0.2, 0.25) is 5.02 Å². The van der Waals surface area contributed by atoms with Crippen molar-refractivity contribution in [3.05, 3.63) is 58.4 Å². The molecule has 0 aliphatic rings. The molecule has 0 atom stereocenters. The minimum atomic E-state index is -0.268. The van der Waals surface area contributed by atoms with Crippen molar-refractivity contribution in [1.29, 1.82) is 0 Å². The summed E-state index contributed by atoms with van der Waals surface area (Å²) in [6.07, 6.45) is 1.05. The SMILES string of the molecule is CCCNCc1c(Cl)cccc1Oc1ccc(F)cc1C. The fraction of sp³-hybridized carbons (Fsp3) is 0.294. The number of nitrogens with one attached hydrogen (secondary N) is 1. The van der Waals surface area contributed by atoms with E-state index in [4.69, 9.17) is 16.3 Å². The van der Waals surface area contributed by atoms with Gasteiger partial charge in [0, 0.05) is 17.1 Å². The molecule has 2 aromatic rings. The lowest BCUT2D eigenvalue weighted by atomic mass is 10.2. The van der Waals surface area contributed by atoms with Crippen LogP contribution >= 0.6 is 11.6 Å². The maximum atomic E-state index is 13.1. The molecule has 0 heterocycles. The monoisotopic (exact) mass is 307 g/mol. The van der Waals surface area contributed by atoms with Crippen LogP contribution in [-0.2, 0) is 6.54 Å². The molecule has 0 bridgehead atoms. The molecule has 0 saturated carbocycles. The summed E-state index contributed by atoms with van der Waals surface area (Å²) in [7, 11) is 0. The van der Waals surface area contributed by atoms with Crippen molar-refractivity contribution in [3.63, 3.8) is 0 Å². The van der Waals surface area contributed by atoms with Crippen LogP contribution in [-0.4, -0.2) is 6.54 Å². The molecule has 112 valence electrons. The summed E-state index contributed by atoms with van der Waals surface area (Å²) in [5, 5.41) is 3.98. The minimum absolute atomic E-state index is 0.268. The summed E-state index contributed by atoms with van der Waals surface area (Å²) < 4.78 is 19.1. The maximum absolute atomic E-state index is 13.1. The zero-order valence-corrected chi connectivity index (χ0v) is 13.0. The number of hydrogen-bond donors (Lipinski definition) is 1. The van der Waals surface area contributed by atoms with Crippen molar-refractivity contribution in [2.24, 2.45) is 0 Å². The molecule has 0 radical (unpaired) electrons. The first-order valence-corrected chi connectivity index (χ1v) is 7.41. The average molecular weight is 308 g/mol. The van der Waals surface area contributed by atoms with Gasteiger partial charge in [-0.25, -0.2) is 4.39 Å². The molecule has 0 fully saturated rings. The van der Waals surface area contributed by atoms with Gasteiger partial charge in [0.05, 0.1) is 0 Å². The van der Waals surface area contributed by atoms with Crippen LogP contribution in [0.25, 0.3) is 0 Å². The van der Waals surface area contributed by atoms with Crippen LogP contribution in [0.15, 0.2) is 36.4 Å². The second-order valence-electron chi connectivity index (χ2n) is 4.91. The first-order chi connectivity index (χ1) is 10.1. The van der Waals surface area contributed by atoms with Crippen LogP contribution in [0, 0.1) is 12.7 Å². The van der Waals surface area contributed by atoms with Gasteiger partial charge in [0.1, 0.15) is 17.3 Å². The third-order valence-electron chi connectivity index (χ3n) is 3.16. The van der Waals surface area contributed by atoms with E-state index in [0.717, 1.165) is 24.1 Å². The van der Waals surface area contributed by atoms with E-state index in [-0.39, 0.29) is 5.82 Å². The Balaban J connectivity index is 2.24. The molecule has 0 unspecified atom stereocenters. The molecule has 0 amide bonds. The van der Waals surface area contributed by atoms with Gasteiger partial charge in [-0.05, 0) is 55.8 Å². The quantitative estimate of drug-likeness (QED) is 0.751. The lowest BCUT2D eigenvalue weighted by molar-refractivity contribution is 0.467. The van der Waals surface area contributed by atoms with E-state index in [0.29, 0.717) is 23.1 Å². The highest BCUT2D eigenvalue weighted by atomic mass is 35.5. The van der Waals surface area contributed by atoms with Gasteiger partial charge in [-0.1, -0.05) is 24.6 Å². The molecule has 0 aliphatic heterocycles. The number of halogens is 2. The van der Waals surface area contributed by atoms with Gasteiger partial charge in [0.25, 0.3) is 0 Å². The zero-order valence-electron chi connectivity index (χ0n) is 12.2. The summed E-state index contributed by atoms with van der Waals surface area (Å²) in [6, 6.07) is 10.0. The minimum Gasteiger partial charge on any atom is -0.457 e. The Bertz CT molecular complexity index is 616. The van der Waals surface area contributed by atoms with Gasteiger partial charge in [-0.15, -0.1) is 0 Å². The number of hydrogen-bond acceptors (Lipinski definition) is 2. The van der Waals surface area contributed by atoms with E-state index >= 15 is 0 Å². The zero-order chi connectivity index (χ0) is 15.2. The van der Waals surface area contributed by atoms with Crippen molar-refractivity contribution >= 4 is 11.6 Å². The number of rotatable bonds is 6. The van der Waals surface area contributed by atoms with Crippen LogP contribution in [0.3, 0.4) is 0 Å². The molecule has 21 heavy (non-hydrogen) atoms. The van der Waals surface area contributed by atoms with Gasteiger partial charge in [-0.2, -0.15) is 0 Å². The predicted molar refractivity (Wildman–Crippen MR) is 84.7 cm³/mol. The van der Waals surface area contributed by atoms with Crippen molar-refractivity contribution in [1.82, 2.24) is 5.32 Å². The van der Waals surface area contributed by atoms with Crippen molar-refractivity contribution < 1.29 is 9.13 Å². The van der Waals surface area contributed by atoms with Crippen LogP contribution in [0.5, 0.6) is 11.5 Å². The predicted octanol–water partition coefficient (Wildman–Crippen LogP) is 5.08. The smallest absolute Gasteiger partial charge is 0.133 e. The number of ether oxygens (including phenoxy) is 1. The number of benzene rings is 2. The normalized spacial score (nSPS) is 10.7. The Morgan fingerprint density at radius 2 is 2.00 bits per heavy atom. The summed E-state index contributed by atoms with van der Waals surface area (Å²) in [5.41, 5.74) is 1.67. The second-order valence-corrected chi connectivity index (χ2v) is 5.31. The van der Waals surface area contributed by atoms with E-state index in [1.54, 1.807) is 6.07 Å². The van der Waals surface area contributed by atoms with Crippen molar-refractivity contribution in [2.45, 2.75) is 26.8 Å². The lowest BCUT2D eigenvalue weighted by Gasteiger charge is -2.14. The van der Waals surface area contributed by atoms with E-state index in [1.165, 1.54) is 12.1 Å². The fourth-order valence-electron chi connectivity index (χ4n) is 2.04. The van der Waals surface area contributed by atoms with Crippen molar-refractivity contribution in [3.8, 4) is 11.5 Å². The molecule has 0 saturated heterocycles. The summed E-state index contributed by atoms with van der Waals surface area (Å²) in [4.78, 5) is 0. The topological polar surface area (TPSA) is 21.3 Å². The highest BCUT2D eigenvalue weighted by Gasteiger charge is 2.10. The van der Waals surface area contributed by atoms with E-state index in [9.17, 15) is 4.39 Å². The van der Waals surface area contributed by atoms with Gasteiger partial charge < -0.3 is 10.1 Å². The Kier molecular flexibility index (Phi) is 5.59. The van der Waals surface area contributed by atoms with E-state index in [2.05, 4.69) is 12.2 Å². The first-order valence-electron chi connectivity index (χ1n) is 7.04. The molecule has 2 nitrogen and oxygen atoms in total. The Hall–Kier alpha value is -1.58. The van der Waals surface area contributed by atoms with E-state index < -0.39 is 0 Å². The van der Waals surface area contributed by atoms with Crippen molar-refractivity contribution in [2.75, 3.05) is 6.54 Å². The third kappa shape index (κ3) is 4.19. The molecule has 0 aromatic heterocycles. The molecule has 0 spiro atoms. The Labute approximate surface area is 129 Å². The molecular formula is C17H19ClFNO. The van der Waals surface area contributed by atoms with Crippen LogP contribution in [0.1, 0.15) is 24.5 Å². The largest absolute Gasteiger partial charge is 0.457 e. The van der Waals surface area contributed by atoms with Gasteiger partial charge in [-0.3, -0.25) is 0 Å². The summed E-state index contributed by atoms with van der Waals surface area (Å²) >= 11 is 6.26. The first kappa shape index (κ1) is 15.8. The molecule has 0 aliphatic carbocycles. The second kappa shape index (κ2) is 7.43. The highest BCUT2D eigenvalue weighted by Crippen LogP contribution is 2.32. The Morgan fingerprint density at radius 3 is 2.71 bits per heavy atom. The molecule has 4 heteroatoms. The summed E-state index contributed by atoms with van der Waals surface area (Å²) in [5.74, 6) is 1.06. The third-order valence-corrected chi connectivity index (χ3v) is 3.52. The number of aryl methyl sites for hydroxylation is 1. The van der Waals surface area contributed by atoms with Crippen LogP contribution < -0.4 is 10.1 Å². The molecule has 2 rings (SSSR count). The fourth-order valence-corrected chi connectivity index (χ4v) is 2.27. The average Bonchev–Trinajstić information content (AvgIpc) is 2.45. The Morgan fingerprint density at radius 1 is 1.19 bits per heavy atom. The van der Waals surface area contributed by atoms with Crippen LogP contribution in [0.4, 0.5) is 4.39 Å². The highest BCUT2D eigenvalue weighted by molar-refractivity contribution is 6.31. The lowest BCUT2D eigenvalue weighted by Crippen LogP contribution is -2.14. The molecular weight excluding hydrogens is 289 g/mol. The molecule has 2 aromatic carbocycles. The summed E-state index contributed by atoms with van der Waals surface area (Å²) in [6.45, 7) is 5.49. The molecule has 1 N–H and O–H groups in total.